The summed E-state index contributed by atoms with van der Waals surface area (Å²) >= 11 is 12.1. The molecule has 0 N–H and O–H groups in total. The molecule has 0 heterocycles. The second kappa shape index (κ2) is 8.45. The van der Waals surface area contributed by atoms with Crippen molar-refractivity contribution in [3.05, 3.63) is 87.4 Å². The van der Waals surface area contributed by atoms with Gasteiger partial charge in [-0.2, -0.15) is 8.42 Å². The van der Waals surface area contributed by atoms with E-state index >= 15 is 0 Å². The van der Waals surface area contributed by atoms with Gasteiger partial charge in [0.1, 0.15) is 0 Å². The lowest BCUT2D eigenvalue weighted by molar-refractivity contribution is -0.112. The number of hydrogen-bond acceptors (Lipinski definition) is 3. The molecular weight excluding hydrogens is 431 g/mol. The van der Waals surface area contributed by atoms with Crippen LogP contribution in [0.1, 0.15) is 19.4 Å². The fraction of sp³-hybridized carbons (Fsp3) is 0.0952. The topological polar surface area (TPSA) is 75.9 Å². The van der Waals surface area contributed by atoms with Gasteiger partial charge in [0.2, 0.25) is 0 Å². The summed E-state index contributed by atoms with van der Waals surface area (Å²) in [7, 11) is -4.06. The quantitative estimate of drug-likeness (QED) is 0.379. The van der Waals surface area contributed by atoms with Crippen molar-refractivity contribution in [2.45, 2.75) is 18.7 Å². The number of carbonyl (C=O) groups excluding carboxylic acids is 1. The van der Waals surface area contributed by atoms with Crippen LogP contribution in [0.3, 0.4) is 0 Å². The third kappa shape index (κ3) is 4.72. The number of carbonyl (C=O) groups is 1. The number of benzene rings is 2. The molecule has 2 aromatic rings. The van der Waals surface area contributed by atoms with Gasteiger partial charge in [-0.15, -0.1) is 4.40 Å². The molecule has 0 saturated carbocycles. The Kier molecular flexibility index (Phi) is 6.17. The summed E-state index contributed by atoms with van der Waals surface area (Å²) < 4.78 is 29.6. The predicted octanol–water partition coefficient (Wildman–Crippen LogP) is 4.96. The smallest absolute Gasteiger partial charge is 0.284 e. The monoisotopic (exact) mass is 446 g/mol. The normalized spacial score (nSPS) is 17.0. The Morgan fingerprint density at radius 3 is 2.17 bits per heavy atom. The van der Waals surface area contributed by atoms with Crippen LogP contribution < -0.4 is 0 Å². The molecule has 0 spiro atoms. The minimum Gasteiger partial charge on any atom is -0.289 e. The number of nitrogens with zero attached hydrogens (tertiary/aromatic N) is 2. The molecule has 0 amide bonds. The Bertz CT molecular complexity index is 1190. The van der Waals surface area contributed by atoms with Gasteiger partial charge in [-0.3, -0.25) is 4.79 Å². The van der Waals surface area contributed by atoms with E-state index < -0.39 is 10.0 Å². The molecule has 1 aliphatic rings. The fourth-order valence-electron chi connectivity index (χ4n) is 2.61. The summed E-state index contributed by atoms with van der Waals surface area (Å²) in [6, 6.07) is 14.4. The molecule has 0 unspecified atom stereocenters. The van der Waals surface area contributed by atoms with Crippen LogP contribution in [0.2, 0.25) is 5.02 Å². The second-order valence-corrected chi connectivity index (χ2v) is 8.72. The SMILES string of the molecule is CC1=CC(=NC(=NS(=O)(=O)c2ccc(Cl)cc2)c2ccccc2)C(Cl)=C(C)C1=O. The Hall–Kier alpha value is -2.54. The van der Waals surface area contributed by atoms with E-state index in [1.807, 2.05) is 0 Å². The van der Waals surface area contributed by atoms with Gasteiger partial charge in [0.15, 0.2) is 11.6 Å². The average Bonchev–Trinajstić information content (AvgIpc) is 2.70. The highest BCUT2D eigenvalue weighted by Crippen LogP contribution is 2.24. The minimum absolute atomic E-state index is 0.0149. The maximum absolute atomic E-state index is 12.8. The van der Waals surface area contributed by atoms with Gasteiger partial charge in [-0.1, -0.05) is 53.5 Å². The van der Waals surface area contributed by atoms with Crippen molar-refractivity contribution in [1.82, 2.24) is 0 Å². The van der Waals surface area contributed by atoms with Crippen molar-refractivity contribution in [3.8, 4) is 0 Å². The second-order valence-electron chi connectivity index (χ2n) is 6.30. The van der Waals surface area contributed by atoms with Crippen molar-refractivity contribution in [2.75, 3.05) is 0 Å². The number of Topliss-reactive ketones (excluding diaryl/α,β-unsaturated/α-hetero) is 1. The lowest BCUT2D eigenvalue weighted by Crippen LogP contribution is -2.16. The first kappa shape index (κ1) is 21.2. The Morgan fingerprint density at radius 1 is 0.931 bits per heavy atom. The van der Waals surface area contributed by atoms with Gasteiger partial charge in [-0.25, -0.2) is 4.99 Å². The number of amidine groups is 1. The van der Waals surface area contributed by atoms with Crippen LogP contribution in [0.5, 0.6) is 0 Å². The molecule has 148 valence electrons. The average molecular weight is 447 g/mol. The van der Waals surface area contributed by atoms with Crippen molar-refractivity contribution < 1.29 is 13.2 Å². The first-order valence-corrected chi connectivity index (χ1v) is 10.7. The van der Waals surface area contributed by atoms with E-state index in [0.29, 0.717) is 21.7 Å². The molecule has 0 fully saturated rings. The zero-order chi connectivity index (χ0) is 21.2. The fourth-order valence-corrected chi connectivity index (χ4v) is 3.88. The van der Waals surface area contributed by atoms with E-state index in [1.165, 1.54) is 30.3 Å². The lowest BCUT2D eigenvalue weighted by atomic mass is 9.97. The van der Waals surface area contributed by atoms with Gasteiger partial charge >= 0.3 is 0 Å². The Labute approximate surface area is 179 Å². The highest BCUT2D eigenvalue weighted by atomic mass is 35.5. The van der Waals surface area contributed by atoms with Crippen molar-refractivity contribution in [2.24, 2.45) is 9.39 Å². The van der Waals surface area contributed by atoms with Crippen LogP contribution in [0, 0.1) is 0 Å². The highest BCUT2D eigenvalue weighted by molar-refractivity contribution is 7.90. The maximum Gasteiger partial charge on any atom is 0.284 e. The third-order valence-electron chi connectivity index (χ3n) is 4.18. The number of ketones is 1. The standard InChI is InChI=1S/C21H16Cl2N2O3S/c1-13-12-18(19(23)14(2)20(13)26)24-21(15-6-4-3-5-7-15)25-29(27,28)17-10-8-16(22)9-11-17/h3-12H,1-2H3. The van der Waals surface area contributed by atoms with E-state index in [1.54, 1.807) is 44.2 Å². The zero-order valence-electron chi connectivity index (χ0n) is 15.6. The van der Waals surface area contributed by atoms with Crippen LogP contribution in [0.15, 0.2) is 91.1 Å². The number of allylic oxidation sites excluding steroid dienone is 4. The van der Waals surface area contributed by atoms with E-state index in [0.717, 1.165) is 0 Å². The summed E-state index contributed by atoms with van der Waals surface area (Å²) in [5.74, 6) is -0.221. The summed E-state index contributed by atoms with van der Waals surface area (Å²) in [6.07, 6.45) is 1.52. The largest absolute Gasteiger partial charge is 0.289 e. The predicted molar refractivity (Wildman–Crippen MR) is 116 cm³/mol. The molecule has 0 bridgehead atoms. The first-order valence-electron chi connectivity index (χ1n) is 8.53. The Morgan fingerprint density at radius 2 is 1.55 bits per heavy atom. The van der Waals surface area contributed by atoms with E-state index in [-0.39, 0.29) is 27.3 Å². The molecule has 5 nitrogen and oxygen atoms in total. The number of hydrogen-bond donors (Lipinski definition) is 0. The van der Waals surface area contributed by atoms with Gasteiger partial charge in [0.25, 0.3) is 10.0 Å². The summed E-state index contributed by atoms with van der Waals surface area (Å²) in [5, 5.41) is 0.574. The number of aliphatic imine (C=N–C) groups is 1. The van der Waals surface area contributed by atoms with Gasteiger partial charge in [0.05, 0.1) is 15.6 Å². The third-order valence-corrected chi connectivity index (χ3v) is 6.19. The number of sulfonamides is 1. The van der Waals surface area contributed by atoms with Crippen LogP contribution in [0.25, 0.3) is 0 Å². The molecule has 2 aromatic carbocycles. The van der Waals surface area contributed by atoms with E-state index in [2.05, 4.69) is 9.39 Å². The van der Waals surface area contributed by atoms with E-state index in [9.17, 15) is 13.2 Å². The van der Waals surface area contributed by atoms with Crippen molar-refractivity contribution in [1.29, 1.82) is 0 Å². The molecule has 0 aliphatic heterocycles. The Balaban J connectivity index is 2.18. The van der Waals surface area contributed by atoms with Crippen molar-refractivity contribution >= 4 is 50.6 Å². The lowest BCUT2D eigenvalue weighted by Gasteiger charge is -2.13. The maximum atomic E-state index is 12.8. The van der Waals surface area contributed by atoms with Gasteiger partial charge in [0, 0.05) is 16.2 Å². The van der Waals surface area contributed by atoms with Crippen molar-refractivity contribution in [3.63, 3.8) is 0 Å². The molecule has 0 radical (unpaired) electrons. The zero-order valence-corrected chi connectivity index (χ0v) is 17.9. The molecule has 0 saturated heterocycles. The van der Waals surface area contributed by atoms with Crippen LogP contribution >= 0.6 is 23.2 Å². The molecule has 0 aromatic heterocycles. The summed E-state index contributed by atoms with van der Waals surface area (Å²) in [6.45, 7) is 3.24. The molecule has 8 heteroatoms. The highest BCUT2D eigenvalue weighted by Gasteiger charge is 2.22. The van der Waals surface area contributed by atoms with Gasteiger partial charge in [-0.05, 0) is 49.8 Å². The summed E-state index contributed by atoms with van der Waals surface area (Å²) in [5.41, 5.74) is 1.56. The number of rotatable bonds is 3. The molecule has 1 aliphatic carbocycles. The first-order chi connectivity index (χ1) is 13.7. The van der Waals surface area contributed by atoms with Gasteiger partial charge < -0.3 is 0 Å². The van der Waals surface area contributed by atoms with Crippen LogP contribution in [-0.4, -0.2) is 25.7 Å². The number of halogens is 2. The molecule has 29 heavy (non-hydrogen) atoms. The van der Waals surface area contributed by atoms with Crippen LogP contribution in [-0.2, 0) is 14.8 Å². The van der Waals surface area contributed by atoms with Crippen LogP contribution in [0.4, 0.5) is 0 Å². The molecular formula is C21H16Cl2N2O3S. The minimum atomic E-state index is -4.06. The summed E-state index contributed by atoms with van der Waals surface area (Å²) in [4.78, 5) is 16.5. The molecule has 0 atom stereocenters. The van der Waals surface area contributed by atoms with E-state index in [4.69, 9.17) is 23.2 Å². The molecule has 3 rings (SSSR count).